The molecule has 100 valence electrons. The Balaban J connectivity index is 0. The van der Waals surface area contributed by atoms with Crippen molar-refractivity contribution in [2.24, 2.45) is 0 Å². The van der Waals surface area contributed by atoms with E-state index in [2.05, 4.69) is 52.8 Å². The fourth-order valence-electron chi connectivity index (χ4n) is 1.75. The smallest absolute Gasteiger partial charge is 0.0129 e. The molecule has 0 aromatic heterocycles. The molecule has 1 aromatic rings. The van der Waals surface area contributed by atoms with Gasteiger partial charge in [-0.1, -0.05) is 79.2 Å². The van der Waals surface area contributed by atoms with E-state index in [-0.39, 0.29) is 5.41 Å². The van der Waals surface area contributed by atoms with Crippen LogP contribution in [-0.4, -0.2) is 0 Å². The van der Waals surface area contributed by atoms with Crippen molar-refractivity contribution in [1.29, 1.82) is 0 Å². The van der Waals surface area contributed by atoms with Crippen LogP contribution in [0.25, 0.3) is 0 Å². The Morgan fingerprint density at radius 1 is 0.941 bits per heavy atom. The SMILES string of the molecule is CC.CC.CCc1cc(C)ccc1C(C)(C)C. The van der Waals surface area contributed by atoms with Gasteiger partial charge in [-0.25, -0.2) is 0 Å². The Bertz CT molecular complexity index is 289. The fraction of sp³-hybridized carbons (Fsp3) is 0.647. The predicted octanol–water partition coefficient (Wildman–Crippen LogP) is 5.91. The first-order valence-electron chi connectivity index (χ1n) is 7.05. The third-order valence-corrected chi connectivity index (χ3v) is 2.45. The highest BCUT2D eigenvalue weighted by Crippen LogP contribution is 2.26. The maximum Gasteiger partial charge on any atom is -0.0129 e. The fourth-order valence-corrected chi connectivity index (χ4v) is 1.75. The molecule has 0 aliphatic heterocycles. The van der Waals surface area contributed by atoms with Crippen molar-refractivity contribution in [2.45, 2.75) is 74.1 Å². The van der Waals surface area contributed by atoms with Crippen LogP contribution in [-0.2, 0) is 11.8 Å². The summed E-state index contributed by atoms with van der Waals surface area (Å²) in [7, 11) is 0. The summed E-state index contributed by atoms with van der Waals surface area (Å²) < 4.78 is 0. The lowest BCUT2D eigenvalue weighted by Crippen LogP contribution is -2.14. The molecule has 1 aromatic carbocycles. The summed E-state index contributed by atoms with van der Waals surface area (Å²) in [5.41, 5.74) is 4.62. The van der Waals surface area contributed by atoms with Crippen LogP contribution in [0.15, 0.2) is 18.2 Å². The summed E-state index contributed by atoms with van der Waals surface area (Å²) in [6, 6.07) is 6.79. The molecule has 0 heterocycles. The summed E-state index contributed by atoms with van der Waals surface area (Å²) in [6.45, 7) is 19.2. The first-order chi connectivity index (χ1) is 7.95. The van der Waals surface area contributed by atoms with E-state index >= 15 is 0 Å². The first-order valence-corrected chi connectivity index (χ1v) is 7.05. The molecular formula is C17H32. The molecule has 0 aliphatic rings. The zero-order valence-electron chi connectivity index (χ0n) is 13.4. The Kier molecular flexibility index (Phi) is 10.1. The van der Waals surface area contributed by atoms with Gasteiger partial charge in [0, 0.05) is 0 Å². The molecular weight excluding hydrogens is 204 g/mol. The normalized spacial score (nSPS) is 9.71. The second-order valence-corrected chi connectivity index (χ2v) is 4.76. The van der Waals surface area contributed by atoms with E-state index in [1.807, 2.05) is 27.7 Å². The molecule has 0 saturated heterocycles. The number of aryl methyl sites for hydroxylation is 2. The highest BCUT2D eigenvalue weighted by Gasteiger charge is 2.16. The summed E-state index contributed by atoms with van der Waals surface area (Å²) in [4.78, 5) is 0. The Hall–Kier alpha value is -0.780. The zero-order valence-corrected chi connectivity index (χ0v) is 13.4. The van der Waals surface area contributed by atoms with Gasteiger partial charge in [0.05, 0.1) is 0 Å². The Morgan fingerprint density at radius 2 is 1.41 bits per heavy atom. The minimum absolute atomic E-state index is 0.277. The minimum Gasteiger partial charge on any atom is -0.0683 e. The van der Waals surface area contributed by atoms with Crippen LogP contribution in [0.3, 0.4) is 0 Å². The molecule has 0 amide bonds. The Labute approximate surface area is 109 Å². The van der Waals surface area contributed by atoms with Crippen LogP contribution < -0.4 is 0 Å². The van der Waals surface area contributed by atoms with Crippen LogP contribution in [0.2, 0.25) is 0 Å². The molecule has 0 unspecified atom stereocenters. The summed E-state index contributed by atoms with van der Waals surface area (Å²) in [5, 5.41) is 0. The van der Waals surface area contributed by atoms with Gasteiger partial charge >= 0.3 is 0 Å². The van der Waals surface area contributed by atoms with Crippen LogP contribution in [0.1, 0.15) is 72.1 Å². The number of rotatable bonds is 1. The van der Waals surface area contributed by atoms with Crippen LogP contribution >= 0.6 is 0 Å². The van der Waals surface area contributed by atoms with Crippen molar-refractivity contribution in [2.75, 3.05) is 0 Å². The number of hydrogen-bond donors (Lipinski definition) is 0. The van der Waals surface area contributed by atoms with E-state index in [9.17, 15) is 0 Å². The van der Waals surface area contributed by atoms with Crippen LogP contribution in [0, 0.1) is 6.92 Å². The topological polar surface area (TPSA) is 0 Å². The standard InChI is InChI=1S/C13H20.2C2H6/c1-6-11-9-10(2)7-8-12(11)13(3,4)5;2*1-2/h7-9H,6H2,1-5H3;2*1-2H3. The second kappa shape index (κ2) is 9.27. The van der Waals surface area contributed by atoms with Gasteiger partial charge in [0.15, 0.2) is 0 Å². The number of hydrogen-bond acceptors (Lipinski definition) is 0. The lowest BCUT2D eigenvalue weighted by molar-refractivity contribution is 0.583. The molecule has 17 heavy (non-hydrogen) atoms. The first kappa shape index (κ1) is 18.6. The lowest BCUT2D eigenvalue weighted by Gasteiger charge is -2.22. The van der Waals surface area contributed by atoms with Gasteiger partial charge in [-0.3, -0.25) is 0 Å². The highest BCUT2D eigenvalue weighted by molar-refractivity contribution is 5.35. The average molecular weight is 236 g/mol. The largest absolute Gasteiger partial charge is 0.0683 e. The van der Waals surface area contributed by atoms with Gasteiger partial charge in [-0.05, 0) is 29.9 Å². The molecule has 0 spiro atoms. The summed E-state index contributed by atoms with van der Waals surface area (Å²) >= 11 is 0. The zero-order chi connectivity index (χ0) is 14.1. The Morgan fingerprint density at radius 3 is 1.76 bits per heavy atom. The molecule has 0 N–H and O–H groups in total. The summed E-state index contributed by atoms with van der Waals surface area (Å²) in [5.74, 6) is 0. The van der Waals surface area contributed by atoms with E-state index < -0.39 is 0 Å². The van der Waals surface area contributed by atoms with Gasteiger partial charge in [-0.2, -0.15) is 0 Å². The number of benzene rings is 1. The van der Waals surface area contributed by atoms with Crippen molar-refractivity contribution in [3.8, 4) is 0 Å². The van der Waals surface area contributed by atoms with Gasteiger partial charge < -0.3 is 0 Å². The van der Waals surface area contributed by atoms with E-state index in [0.29, 0.717) is 0 Å². The van der Waals surface area contributed by atoms with Crippen molar-refractivity contribution >= 4 is 0 Å². The highest BCUT2D eigenvalue weighted by atomic mass is 14.2. The van der Waals surface area contributed by atoms with Gasteiger partial charge in [-0.15, -0.1) is 0 Å². The maximum absolute atomic E-state index is 2.31. The van der Waals surface area contributed by atoms with E-state index in [1.165, 1.54) is 16.7 Å². The van der Waals surface area contributed by atoms with Crippen LogP contribution in [0.5, 0.6) is 0 Å². The third kappa shape index (κ3) is 6.51. The monoisotopic (exact) mass is 236 g/mol. The van der Waals surface area contributed by atoms with E-state index in [1.54, 1.807) is 0 Å². The molecule has 0 fully saturated rings. The molecule has 0 atom stereocenters. The molecule has 0 bridgehead atoms. The van der Waals surface area contributed by atoms with Crippen molar-refractivity contribution in [1.82, 2.24) is 0 Å². The second-order valence-electron chi connectivity index (χ2n) is 4.76. The molecule has 0 nitrogen and oxygen atoms in total. The lowest BCUT2D eigenvalue weighted by atomic mass is 9.82. The van der Waals surface area contributed by atoms with E-state index in [4.69, 9.17) is 0 Å². The third-order valence-electron chi connectivity index (χ3n) is 2.45. The maximum atomic E-state index is 2.31. The van der Waals surface area contributed by atoms with Gasteiger partial charge in [0.2, 0.25) is 0 Å². The quantitative estimate of drug-likeness (QED) is 0.569. The molecule has 0 aliphatic carbocycles. The van der Waals surface area contributed by atoms with Gasteiger partial charge in [0.25, 0.3) is 0 Å². The minimum atomic E-state index is 0.277. The molecule has 0 radical (unpaired) electrons. The van der Waals surface area contributed by atoms with Crippen molar-refractivity contribution < 1.29 is 0 Å². The van der Waals surface area contributed by atoms with Crippen LogP contribution in [0.4, 0.5) is 0 Å². The van der Waals surface area contributed by atoms with Gasteiger partial charge in [0.1, 0.15) is 0 Å². The molecule has 0 saturated carbocycles. The van der Waals surface area contributed by atoms with Crippen molar-refractivity contribution in [3.05, 3.63) is 34.9 Å². The molecule has 0 heteroatoms. The van der Waals surface area contributed by atoms with Crippen molar-refractivity contribution in [3.63, 3.8) is 0 Å². The summed E-state index contributed by atoms with van der Waals surface area (Å²) in [6.07, 6.45) is 1.13. The predicted molar refractivity (Wildman–Crippen MR) is 82.0 cm³/mol. The average Bonchev–Trinajstić information content (AvgIpc) is 2.32. The van der Waals surface area contributed by atoms with E-state index in [0.717, 1.165) is 6.42 Å². The molecule has 1 rings (SSSR count).